The van der Waals surface area contributed by atoms with E-state index in [0.29, 0.717) is 36.4 Å². The lowest BCUT2D eigenvalue weighted by atomic mass is 10.2. The Bertz CT molecular complexity index is 1770. The number of sulfone groups is 1. The molecule has 0 fully saturated rings. The van der Waals surface area contributed by atoms with Crippen LogP contribution in [0.4, 0.5) is 0 Å². The Labute approximate surface area is 207 Å². The van der Waals surface area contributed by atoms with Crippen molar-refractivity contribution in [2.24, 2.45) is 0 Å². The molecular weight excluding hydrogens is 478 g/mol. The SMILES string of the molecule is CS(=O)(=O)c1ccc(Cn2c(=O)n(Cc3nc4ccccc4n3CCCC#N)c3cncnc32)cc1. The quantitative estimate of drug-likeness (QED) is 0.299. The van der Waals surface area contributed by atoms with Crippen LogP contribution in [0.1, 0.15) is 24.2 Å². The van der Waals surface area contributed by atoms with Gasteiger partial charge in [0.15, 0.2) is 15.5 Å². The number of para-hydroxylation sites is 2. The van der Waals surface area contributed by atoms with Crippen LogP contribution in [-0.4, -0.2) is 43.3 Å². The van der Waals surface area contributed by atoms with E-state index in [2.05, 4.69) is 20.6 Å². The Morgan fingerprint density at radius 3 is 2.50 bits per heavy atom. The normalized spacial score (nSPS) is 11.8. The molecular formula is C25H23N7O3S. The summed E-state index contributed by atoms with van der Waals surface area (Å²) in [4.78, 5) is 27.1. The summed E-state index contributed by atoms with van der Waals surface area (Å²) in [5.74, 6) is 0.705. The van der Waals surface area contributed by atoms with Crippen LogP contribution in [0.3, 0.4) is 0 Å². The molecule has 11 heteroatoms. The molecule has 10 nitrogen and oxygen atoms in total. The van der Waals surface area contributed by atoms with Crippen molar-refractivity contribution in [3.8, 4) is 6.07 Å². The molecule has 0 saturated heterocycles. The molecule has 0 aliphatic carbocycles. The standard InChI is InChI=1S/C25H23N7O3S/c1-36(34,35)19-10-8-18(9-11-19)15-32-24-22(14-27-17-28-24)31(25(32)33)16-23-29-20-6-2-3-7-21(20)30(23)13-5-4-12-26/h2-3,6-11,14,17H,4-5,13,15-16H2,1H3. The van der Waals surface area contributed by atoms with Crippen LogP contribution in [0.2, 0.25) is 0 Å². The molecule has 0 bridgehead atoms. The van der Waals surface area contributed by atoms with Crippen LogP contribution in [-0.2, 0) is 29.5 Å². The monoisotopic (exact) mass is 501 g/mol. The van der Waals surface area contributed by atoms with Crippen molar-refractivity contribution in [1.82, 2.24) is 28.7 Å². The van der Waals surface area contributed by atoms with Crippen molar-refractivity contribution < 1.29 is 8.42 Å². The number of hydrogen-bond donors (Lipinski definition) is 0. The molecule has 0 N–H and O–H groups in total. The maximum Gasteiger partial charge on any atom is 0.331 e. The topological polar surface area (TPSA) is 128 Å². The van der Waals surface area contributed by atoms with E-state index in [0.717, 1.165) is 22.9 Å². The molecule has 0 aliphatic rings. The van der Waals surface area contributed by atoms with Crippen LogP contribution < -0.4 is 5.69 Å². The van der Waals surface area contributed by atoms with E-state index in [1.54, 1.807) is 27.5 Å². The van der Waals surface area contributed by atoms with Gasteiger partial charge in [-0.15, -0.1) is 0 Å². The Kier molecular flexibility index (Phi) is 6.12. The van der Waals surface area contributed by atoms with Crippen molar-refractivity contribution in [2.75, 3.05) is 6.26 Å². The van der Waals surface area contributed by atoms with E-state index in [-0.39, 0.29) is 23.7 Å². The summed E-state index contributed by atoms with van der Waals surface area (Å²) in [6.07, 6.45) is 5.26. The molecule has 0 radical (unpaired) electrons. The number of unbranched alkanes of at least 4 members (excludes halogenated alkanes) is 1. The molecule has 5 aromatic rings. The van der Waals surface area contributed by atoms with E-state index in [9.17, 15) is 13.2 Å². The lowest BCUT2D eigenvalue weighted by molar-refractivity contribution is 0.601. The van der Waals surface area contributed by atoms with Gasteiger partial charge in [0.2, 0.25) is 0 Å². The Hall–Kier alpha value is -4.30. The zero-order chi connectivity index (χ0) is 25.3. The molecule has 3 aromatic heterocycles. The van der Waals surface area contributed by atoms with Crippen molar-refractivity contribution in [3.05, 3.63) is 82.9 Å². The Morgan fingerprint density at radius 2 is 1.75 bits per heavy atom. The predicted molar refractivity (Wildman–Crippen MR) is 134 cm³/mol. The molecule has 0 unspecified atom stereocenters. The molecule has 5 rings (SSSR count). The minimum atomic E-state index is -3.31. The van der Waals surface area contributed by atoms with Gasteiger partial charge in [-0.1, -0.05) is 24.3 Å². The van der Waals surface area contributed by atoms with Crippen LogP contribution in [0.15, 0.2) is 70.7 Å². The van der Waals surface area contributed by atoms with Gasteiger partial charge in [-0.2, -0.15) is 5.26 Å². The predicted octanol–water partition coefficient (Wildman–Crippen LogP) is 2.75. The average molecular weight is 502 g/mol. The molecule has 0 atom stereocenters. The van der Waals surface area contributed by atoms with E-state index in [4.69, 9.17) is 10.2 Å². The first kappa shape index (κ1) is 23.4. The highest BCUT2D eigenvalue weighted by Gasteiger charge is 2.19. The van der Waals surface area contributed by atoms with Gasteiger partial charge < -0.3 is 4.57 Å². The molecule has 0 aliphatic heterocycles. The summed E-state index contributed by atoms with van der Waals surface area (Å²) in [5.41, 5.74) is 3.33. The van der Waals surface area contributed by atoms with Crippen LogP contribution >= 0.6 is 0 Å². The lowest BCUT2D eigenvalue weighted by Gasteiger charge is -2.09. The summed E-state index contributed by atoms with van der Waals surface area (Å²) < 4.78 is 28.8. The van der Waals surface area contributed by atoms with Crippen LogP contribution in [0.25, 0.3) is 22.2 Å². The number of nitriles is 1. The summed E-state index contributed by atoms with van der Waals surface area (Å²) in [5, 5.41) is 8.98. The van der Waals surface area contributed by atoms with E-state index in [1.165, 1.54) is 18.5 Å². The molecule has 182 valence electrons. The summed E-state index contributed by atoms with van der Waals surface area (Å²) in [7, 11) is -3.31. The van der Waals surface area contributed by atoms with Gasteiger partial charge in [0.1, 0.15) is 17.7 Å². The van der Waals surface area contributed by atoms with Crippen LogP contribution in [0.5, 0.6) is 0 Å². The molecule has 2 aromatic carbocycles. The number of fused-ring (bicyclic) bond motifs is 2. The number of nitrogens with zero attached hydrogens (tertiary/aromatic N) is 7. The Balaban J connectivity index is 1.56. The van der Waals surface area contributed by atoms with Crippen molar-refractivity contribution in [2.45, 2.75) is 37.4 Å². The zero-order valence-corrected chi connectivity index (χ0v) is 20.4. The van der Waals surface area contributed by atoms with Crippen molar-refractivity contribution in [3.63, 3.8) is 0 Å². The highest BCUT2D eigenvalue weighted by molar-refractivity contribution is 7.90. The van der Waals surface area contributed by atoms with E-state index >= 15 is 0 Å². The summed E-state index contributed by atoms with van der Waals surface area (Å²) in [6.45, 7) is 1.05. The minimum absolute atomic E-state index is 0.212. The smallest absolute Gasteiger partial charge is 0.326 e. The van der Waals surface area contributed by atoms with E-state index in [1.807, 2.05) is 24.3 Å². The van der Waals surface area contributed by atoms with Gasteiger partial charge in [0.25, 0.3) is 0 Å². The second-order valence-electron chi connectivity index (χ2n) is 8.53. The number of aryl methyl sites for hydroxylation is 1. The van der Waals surface area contributed by atoms with Gasteiger partial charge in [0, 0.05) is 19.2 Å². The fourth-order valence-electron chi connectivity index (χ4n) is 4.33. The number of benzene rings is 2. The van der Waals surface area contributed by atoms with Gasteiger partial charge >= 0.3 is 5.69 Å². The fraction of sp³-hybridized carbons (Fsp3) is 0.240. The molecule has 0 spiro atoms. The maximum absolute atomic E-state index is 13.6. The largest absolute Gasteiger partial charge is 0.331 e. The molecule has 3 heterocycles. The lowest BCUT2D eigenvalue weighted by Crippen LogP contribution is -2.26. The average Bonchev–Trinajstić information content (AvgIpc) is 3.34. The first-order valence-electron chi connectivity index (χ1n) is 11.4. The van der Waals surface area contributed by atoms with Crippen molar-refractivity contribution in [1.29, 1.82) is 5.26 Å². The minimum Gasteiger partial charge on any atom is -0.326 e. The third-order valence-corrected chi connectivity index (χ3v) is 7.20. The fourth-order valence-corrected chi connectivity index (χ4v) is 4.96. The first-order valence-corrected chi connectivity index (χ1v) is 13.2. The molecule has 0 amide bonds. The number of hydrogen-bond acceptors (Lipinski definition) is 7. The highest BCUT2D eigenvalue weighted by atomic mass is 32.2. The molecule has 0 saturated carbocycles. The third-order valence-electron chi connectivity index (χ3n) is 6.08. The molecule has 36 heavy (non-hydrogen) atoms. The Morgan fingerprint density at radius 1 is 0.972 bits per heavy atom. The number of rotatable bonds is 8. The van der Waals surface area contributed by atoms with Gasteiger partial charge in [-0.05, 0) is 36.2 Å². The summed E-state index contributed by atoms with van der Waals surface area (Å²) in [6, 6.07) is 16.4. The highest BCUT2D eigenvalue weighted by Crippen LogP contribution is 2.20. The first-order chi connectivity index (χ1) is 17.4. The van der Waals surface area contributed by atoms with Crippen LogP contribution in [0, 0.1) is 11.3 Å². The van der Waals surface area contributed by atoms with Crippen molar-refractivity contribution >= 4 is 32.0 Å². The number of aromatic nitrogens is 6. The van der Waals surface area contributed by atoms with Gasteiger partial charge in [0.05, 0.1) is 41.3 Å². The van der Waals surface area contributed by atoms with Gasteiger partial charge in [-0.25, -0.2) is 28.2 Å². The zero-order valence-electron chi connectivity index (χ0n) is 19.6. The third kappa shape index (κ3) is 4.38. The van der Waals surface area contributed by atoms with Gasteiger partial charge in [-0.3, -0.25) is 9.13 Å². The van der Waals surface area contributed by atoms with E-state index < -0.39 is 9.84 Å². The second kappa shape index (κ2) is 9.39. The second-order valence-corrected chi connectivity index (χ2v) is 10.5. The number of imidazole rings is 2. The maximum atomic E-state index is 13.6. The summed E-state index contributed by atoms with van der Waals surface area (Å²) >= 11 is 0.